The Morgan fingerprint density at radius 2 is 1.92 bits per heavy atom. The Labute approximate surface area is 154 Å². The lowest BCUT2D eigenvalue weighted by atomic mass is 9.95. The molecule has 2 amide bonds. The number of amides is 2. The molecule has 0 spiro atoms. The smallest absolute Gasteiger partial charge is 0.267 e. The van der Waals surface area contributed by atoms with Crippen LogP contribution in [0.25, 0.3) is 10.2 Å². The van der Waals surface area contributed by atoms with Gasteiger partial charge in [0, 0.05) is 11.1 Å². The number of anilines is 2. The summed E-state index contributed by atoms with van der Waals surface area (Å²) >= 11 is 1.27. The van der Waals surface area contributed by atoms with E-state index in [9.17, 15) is 9.59 Å². The van der Waals surface area contributed by atoms with Gasteiger partial charge in [0.2, 0.25) is 0 Å². The van der Waals surface area contributed by atoms with E-state index in [0.717, 1.165) is 41.6 Å². The zero-order valence-electron chi connectivity index (χ0n) is 14.0. The number of rotatable bonds is 3. The number of aromatic nitrogens is 1. The second-order valence-electron chi connectivity index (χ2n) is 6.36. The van der Waals surface area contributed by atoms with Crippen LogP contribution < -0.4 is 16.8 Å². The minimum absolute atomic E-state index is 0.258. The van der Waals surface area contributed by atoms with Crippen LogP contribution in [0.1, 0.15) is 44.1 Å². The van der Waals surface area contributed by atoms with Gasteiger partial charge in [-0.2, -0.15) is 0 Å². The van der Waals surface area contributed by atoms with Crippen LogP contribution in [0.4, 0.5) is 11.4 Å². The molecular formula is C19H18N4O2S. The van der Waals surface area contributed by atoms with E-state index >= 15 is 0 Å². The number of primary amides is 1. The summed E-state index contributed by atoms with van der Waals surface area (Å²) in [6.07, 6.45) is 4.27. The molecule has 1 aromatic carbocycles. The van der Waals surface area contributed by atoms with E-state index in [4.69, 9.17) is 16.5 Å². The van der Waals surface area contributed by atoms with Crippen LogP contribution in [0.3, 0.4) is 0 Å². The maximum atomic E-state index is 12.7. The third-order valence-electron chi connectivity index (χ3n) is 4.65. The monoisotopic (exact) mass is 366 g/mol. The Morgan fingerprint density at radius 3 is 2.73 bits per heavy atom. The standard InChI is InChI=1S/C19H18N4O2S/c20-15-12-9-10-5-1-3-7-13(10)23-19(12)26-16(15)18(25)22-14-8-4-2-6-11(14)17(21)24/h2,4,6,8-9H,1,3,5,7,20H2,(H2,21,24)(H,22,25). The topological polar surface area (TPSA) is 111 Å². The molecule has 1 aliphatic rings. The molecule has 0 aliphatic heterocycles. The molecule has 7 heteroatoms. The number of fused-ring (bicyclic) bond motifs is 2. The molecule has 0 atom stereocenters. The van der Waals surface area contributed by atoms with Gasteiger partial charge in [-0.05, 0) is 49.4 Å². The Kier molecular flexibility index (Phi) is 4.08. The number of nitrogens with one attached hydrogen (secondary N) is 1. The maximum Gasteiger partial charge on any atom is 0.267 e. The van der Waals surface area contributed by atoms with Crippen molar-refractivity contribution in [2.24, 2.45) is 5.73 Å². The molecule has 4 rings (SSSR count). The predicted molar refractivity (Wildman–Crippen MR) is 104 cm³/mol. The molecule has 2 heterocycles. The van der Waals surface area contributed by atoms with Gasteiger partial charge in [0.25, 0.3) is 11.8 Å². The average Bonchev–Trinajstić information content (AvgIpc) is 2.96. The van der Waals surface area contributed by atoms with Crippen molar-refractivity contribution in [3.63, 3.8) is 0 Å². The highest BCUT2D eigenvalue weighted by Gasteiger charge is 2.21. The van der Waals surface area contributed by atoms with Crippen LogP contribution in [-0.4, -0.2) is 16.8 Å². The van der Waals surface area contributed by atoms with Gasteiger partial charge in [-0.1, -0.05) is 12.1 Å². The summed E-state index contributed by atoms with van der Waals surface area (Å²) in [6.45, 7) is 0. The number of pyridine rings is 1. The van der Waals surface area contributed by atoms with Crippen molar-refractivity contribution in [3.8, 4) is 0 Å². The lowest BCUT2D eigenvalue weighted by Gasteiger charge is -2.14. The Balaban J connectivity index is 1.71. The number of hydrogen-bond acceptors (Lipinski definition) is 5. The van der Waals surface area contributed by atoms with E-state index < -0.39 is 5.91 Å². The van der Waals surface area contributed by atoms with E-state index in [1.807, 2.05) is 0 Å². The molecule has 0 saturated heterocycles. The summed E-state index contributed by atoms with van der Waals surface area (Å²) in [5.74, 6) is -0.961. The molecule has 0 saturated carbocycles. The Morgan fingerprint density at radius 1 is 1.15 bits per heavy atom. The van der Waals surface area contributed by atoms with E-state index in [1.165, 1.54) is 16.9 Å². The Bertz CT molecular complexity index is 1040. The first-order valence-corrected chi connectivity index (χ1v) is 9.27. The van der Waals surface area contributed by atoms with Crippen molar-refractivity contribution in [1.29, 1.82) is 0 Å². The summed E-state index contributed by atoms with van der Waals surface area (Å²) in [7, 11) is 0. The molecule has 1 aliphatic carbocycles. The number of carbonyl (C=O) groups excluding carboxylic acids is 2. The third-order valence-corrected chi connectivity index (χ3v) is 5.76. The average molecular weight is 366 g/mol. The second-order valence-corrected chi connectivity index (χ2v) is 7.36. The van der Waals surface area contributed by atoms with Crippen LogP contribution in [-0.2, 0) is 12.8 Å². The van der Waals surface area contributed by atoms with Gasteiger partial charge in [0.05, 0.1) is 16.9 Å². The summed E-state index contributed by atoms with van der Waals surface area (Å²) in [6, 6.07) is 8.70. The van der Waals surface area contributed by atoms with Crippen molar-refractivity contribution in [2.75, 3.05) is 11.1 Å². The van der Waals surface area contributed by atoms with Crippen molar-refractivity contribution in [1.82, 2.24) is 4.98 Å². The molecule has 5 N–H and O–H groups in total. The van der Waals surface area contributed by atoms with Crippen molar-refractivity contribution >= 4 is 44.7 Å². The Hall–Kier alpha value is -2.93. The molecular weight excluding hydrogens is 348 g/mol. The summed E-state index contributed by atoms with van der Waals surface area (Å²) in [5.41, 5.74) is 15.0. The minimum Gasteiger partial charge on any atom is -0.397 e. The largest absolute Gasteiger partial charge is 0.397 e. The lowest BCUT2D eigenvalue weighted by Crippen LogP contribution is -2.18. The minimum atomic E-state index is -0.598. The van der Waals surface area contributed by atoms with Gasteiger partial charge in [-0.15, -0.1) is 11.3 Å². The molecule has 0 unspecified atom stereocenters. The number of aryl methyl sites for hydroxylation is 2. The molecule has 0 fully saturated rings. The van der Waals surface area contributed by atoms with Crippen molar-refractivity contribution < 1.29 is 9.59 Å². The van der Waals surface area contributed by atoms with Gasteiger partial charge in [0.1, 0.15) is 9.71 Å². The third kappa shape index (κ3) is 2.80. The lowest BCUT2D eigenvalue weighted by molar-refractivity contribution is 0.100. The van der Waals surface area contributed by atoms with Crippen LogP contribution in [0.2, 0.25) is 0 Å². The zero-order chi connectivity index (χ0) is 18.3. The fourth-order valence-corrected chi connectivity index (χ4v) is 4.31. The van der Waals surface area contributed by atoms with Gasteiger partial charge >= 0.3 is 0 Å². The molecule has 2 aromatic heterocycles. The van der Waals surface area contributed by atoms with Gasteiger partial charge in [-0.3, -0.25) is 9.59 Å². The number of carbonyl (C=O) groups is 2. The van der Waals surface area contributed by atoms with Gasteiger partial charge in [-0.25, -0.2) is 4.98 Å². The molecule has 26 heavy (non-hydrogen) atoms. The van der Waals surface area contributed by atoms with Gasteiger partial charge < -0.3 is 16.8 Å². The van der Waals surface area contributed by atoms with E-state index in [0.29, 0.717) is 16.3 Å². The SMILES string of the molecule is NC(=O)c1ccccc1NC(=O)c1sc2nc3c(cc2c1N)CCCC3. The number of nitrogen functional groups attached to an aromatic ring is 1. The molecule has 132 valence electrons. The van der Waals surface area contributed by atoms with Crippen LogP contribution >= 0.6 is 11.3 Å². The first-order chi connectivity index (χ1) is 12.5. The number of nitrogens with two attached hydrogens (primary N) is 2. The number of hydrogen-bond donors (Lipinski definition) is 3. The molecule has 3 aromatic rings. The number of para-hydroxylation sites is 1. The van der Waals surface area contributed by atoms with E-state index in [-0.39, 0.29) is 11.5 Å². The van der Waals surface area contributed by atoms with Crippen molar-refractivity contribution in [2.45, 2.75) is 25.7 Å². The summed E-state index contributed by atoms with van der Waals surface area (Å²) in [5, 5.41) is 3.57. The predicted octanol–water partition coefficient (Wildman–Crippen LogP) is 3.11. The fourth-order valence-electron chi connectivity index (χ4n) is 3.31. The highest BCUT2D eigenvalue weighted by atomic mass is 32.1. The molecule has 6 nitrogen and oxygen atoms in total. The zero-order valence-corrected chi connectivity index (χ0v) is 14.9. The van der Waals surface area contributed by atoms with Gasteiger partial charge in [0.15, 0.2) is 0 Å². The highest BCUT2D eigenvalue weighted by Crippen LogP contribution is 2.36. The number of benzene rings is 1. The van der Waals surface area contributed by atoms with Crippen molar-refractivity contribution in [3.05, 3.63) is 52.0 Å². The second kappa shape index (κ2) is 6.42. The first kappa shape index (κ1) is 16.5. The molecule has 0 radical (unpaired) electrons. The summed E-state index contributed by atoms with van der Waals surface area (Å²) in [4.78, 5) is 30.2. The number of thiophene rings is 1. The fraction of sp³-hybridized carbons (Fsp3) is 0.211. The van der Waals surface area contributed by atoms with Crippen LogP contribution in [0.5, 0.6) is 0 Å². The van der Waals surface area contributed by atoms with Crippen LogP contribution in [0, 0.1) is 0 Å². The quantitative estimate of drug-likeness (QED) is 0.661. The highest BCUT2D eigenvalue weighted by molar-refractivity contribution is 7.21. The molecule has 0 bridgehead atoms. The van der Waals surface area contributed by atoms with E-state index in [2.05, 4.69) is 11.4 Å². The first-order valence-electron chi connectivity index (χ1n) is 8.45. The maximum absolute atomic E-state index is 12.7. The normalized spacial score (nSPS) is 13.4. The number of nitrogens with zero attached hydrogens (tertiary/aromatic N) is 1. The van der Waals surface area contributed by atoms with Crippen LogP contribution in [0.15, 0.2) is 30.3 Å². The van der Waals surface area contributed by atoms with E-state index in [1.54, 1.807) is 24.3 Å². The summed E-state index contributed by atoms with van der Waals surface area (Å²) < 4.78 is 0.